The molecule has 0 aliphatic carbocycles. The minimum Gasteiger partial charge on any atom is -0.507 e. The summed E-state index contributed by atoms with van der Waals surface area (Å²) in [5.41, 5.74) is 4.04. The molecule has 1 aliphatic rings. The Hall–Kier alpha value is -3.85. The van der Waals surface area contributed by atoms with Crippen molar-refractivity contribution in [2.24, 2.45) is 4.99 Å². The third-order valence-electron chi connectivity index (χ3n) is 5.08. The minimum absolute atomic E-state index is 0.0879. The van der Waals surface area contributed by atoms with Crippen LogP contribution in [0.25, 0.3) is 33.5 Å². The number of aliphatic imine (C=N–C) groups is 1. The van der Waals surface area contributed by atoms with E-state index in [4.69, 9.17) is 4.74 Å². The lowest BCUT2D eigenvalue weighted by Gasteiger charge is -2.09. The Labute approximate surface area is 187 Å². The Bertz CT molecular complexity index is 1370. The maximum absolute atomic E-state index is 12.5. The van der Waals surface area contributed by atoms with Crippen molar-refractivity contribution in [1.29, 1.82) is 0 Å². The Morgan fingerprint density at radius 3 is 2.91 bits per heavy atom. The van der Waals surface area contributed by atoms with Crippen LogP contribution in [0.15, 0.2) is 59.7 Å². The van der Waals surface area contributed by atoms with Gasteiger partial charge in [-0.05, 0) is 48.0 Å². The van der Waals surface area contributed by atoms with E-state index < -0.39 is 0 Å². The molecule has 0 radical (unpaired) electrons. The number of ether oxygens (including phenoxy) is 1. The number of benzene rings is 2. The summed E-state index contributed by atoms with van der Waals surface area (Å²) >= 11 is 1.53. The fourth-order valence-corrected chi connectivity index (χ4v) is 4.24. The van der Waals surface area contributed by atoms with Gasteiger partial charge in [-0.15, -0.1) is 0 Å². The van der Waals surface area contributed by atoms with Crippen LogP contribution in [0, 0.1) is 0 Å². The van der Waals surface area contributed by atoms with Crippen LogP contribution in [0.2, 0.25) is 0 Å². The quantitative estimate of drug-likeness (QED) is 0.440. The van der Waals surface area contributed by atoms with E-state index >= 15 is 0 Å². The summed E-state index contributed by atoms with van der Waals surface area (Å²) in [6.07, 6.45) is 1.66. The molecule has 0 atom stereocenters. The molecule has 0 unspecified atom stereocenters. The summed E-state index contributed by atoms with van der Waals surface area (Å²) in [7, 11) is 1.57. The van der Waals surface area contributed by atoms with Gasteiger partial charge in [-0.25, -0.2) is 9.97 Å². The largest absolute Gasteiger partial charge is 0.507 e. The highest BCUT2D eigenvalue weighted by Crippen LogP contribution is 2.35. The number of hydrogen-bond acceptors (Lipinski definition) is 7. The van der Waals surface area contributed by atoms with Crippen molar-refractivity contribution >= 4 is 33.9 Å². The van der Waals surface area contributed by atoms with Crippen LogP contribution < -0.4 is 10.1 Å². The molecule has 5 rings (SSSR count). The van der Waals surface area contributed by atoms with E-state index in [1.807, 2.05) is 18.2 Å². The van der Waals surface area contributed by atoms with Gasteiger partial charge >= 0.3 is 0 Å². The maximum atomic E-state index is 12.5. The highest BCUT2D eigenvalue weighted by molar-refractivity contribution is 8.14. The molecule has 0 saturated carbocycles. The first kappa shape index (κ1) is 20.1. The van der Waals surface area contributed by atoms with Crippen LogP contribution in [0.1, 0.15) is 10.4 Å². The summed E-state index contributed by atoms with van der Waals surface area (Å²) in [6, 6.07) is 14.2. The standard InChI is InChI=1S/C23H19N5O3S/c1-31-22-15(3-2-8-24-22)13-5-7-19(29)16(11-13)20-26-17-6-4-14(12-18(17)27-20)21(30)28-23-25-9-10-32-23/h2-8,11-12,29H,9-10H2,1H3,(H,26,27)(H,25,28,30). The Kier molecular flexibility index (Phi) is 5.24. The topological polar surface area (TPSA) is 112 Å². The van der Waals surface area contributed by atoms with E-state index in [1.54, 1.807) is 43.6 Å². The number of H-pyrrole nitrogens is 1. The average Bonchev–Trinajstić information content (AvgIpc) is 3.48. The summed E-state index contributed by atoms with van der Waals surface area (Å²) in [6.45, 7) is 0.718. The van der Waals surface area contributed by atoms with Crippen LogP contribution in [0.5, 0.6) is 11.6 Å². The van der Waals surface area contributed by atoms with Crippen molar-refractivity contribution in [2.75, 3.05) is 19.4 Å². The molecule has 2 aromatic carbocycles. The number of aromatic hydroxyl groups is 1. The van der Waals surface area contributed by atoms with Gasteiger partial charge in [0.15, 0.2) is 5.17 Å². The summed E-state index contributed by atoms with van der Waals surface area (Å²) in [4.78, 5) is 28.9. The predicted octanol–water partition coefficient (Wildman–Crippen LogP) is 3.84. The second kappa shape index (κ2) is 8.35. The van der Waals surface area contributed by atoms with Crippen molar-refractivity contribution in [3.8, 4) is 34.1 Å². The van der Waals surface area contributed by atoms with Crippen molar-refractivity contribution in [2.45, 2.75) is 0 Å². The highest BCUT2D eigenvalue weighted by Gasteiger charge is 2.16. The molecule has 4 aromatic rings. The minimum atomic E-state index is -0.224. The molecule has 1 amide bonds. The molecular formula is C23H19N5O3S. The monoisotopic (exact) mass is 445 g/mol. The fraction of sp³-hybridized carbons (Fsp3) is 0.130. The smallest absolute Gasteiger partial charge is 0.257 e. The number of aromatic nitrogens is 3. The highest BCUT2D eigenvalue weighted by atomic mass is 32.2. The van der Waals surface area contributed by atoms with Crippen LogP contribution >= 0.6 is 11.8 Å². The number of pyridine rings is 1. The van der Waals surface area contributed by atoms with E-state index in [0.717, 1.165) is 28.9 Å². The van der Waals surface area contributed by atoms with Crippen LogP contribution in [0.3, 0.4) is 0 Å². The van der Waals surface area contributed by atoms with E-state index in [0.29, 0.717) is 33.5 Å². The van der Waals surface area contributed by atoms with E-state index in [2.05, 4.69) is 25.3 Å². The Morgan fingerprint density at radius 1 is 1.19 bits per heavy atom. The zero-order valence-corrected chi connectivity index (χ0v) is 17.9. The molecule has 0 bridgehead atoms. The van der Waals surface area contributed by atoms with E-state index in [9.17, 15) is 9.90 Å². The van der Waals surface area contributed by atoms with Gasteiger partial charge < -0.3 is 20.1 Å². The number of imidazole rings is 1. The molecule has 3 heterocycles. The first-order valence-corrected chi connectivity index (χ1v) is 10.9. The molecule has 9 heteroatoms. The predicted molar refractivity (Wildman–Crippen MR) is 125 cm³/mol. The van der Waals surface area contributed by atoms with E-state index in [1.165, 1.54) is 11.8 Å². The number of nitrogens with one attached hydrogen (secondary N) is 2. The zero-order chi connectivity index (χ0) is 22.1. The second-order valence-corrected chi connectivity index (χ2v) is 8.18. The SMILES string of the molecule is COc1ncccc1-c1ccc(O)c(-c2nc3cc(C(=O)NC4=NCCS4)ccc3[nH]2)c1. The number of carbonyl (C=O) groups excluding carboxylic acids is 1. The molecule has 2 aromatic heterocycles. The number of methoxy groups -OCH3 is 1. The third-order valence-corrected chi connectivity index (χ3v) is 5.97. The van der Waals surface area contributed by atoms with Crippen LogP contribution in [0.4, 0.5) is 0 Å². The van der Waals surface area contributed by atoms with Crippen molar-refractivity contribution in [3.05, 3.63) is 60.3 Å². The Morgan fingerprint density at radius 2 is 2.09 bits per heavy atom. The van der Waals surface area contributed by atoms with Crippen LogP contribution in [-0.4, -0.2) is 50.5 Å². The van der Waals surface area contributed by atoms with Gasteiger partial charge in [0.1, 0.15) is 11.6 Å². The first-order valence-electron chi connectivity index (χ1n) is 9.93. The number of aromatic amines is 1. The molecule has 8 nitrogen and oxygen atoms in total. The zero-order valence-electron chi connectivity index (χ0n) is 17.1. The van der Waals surface area contributed by atoms with Gasteiger partial charge in [-0.2, -0.15) is 0 Å². The first-order chi connectivity index (χ1) is 15.6. The number of fused-ring (bicyclic) bond motifs is 1. The second-order valence-electron chi connectivity index (χ2n) is 7.10. The molecular weight excluding hydrogens is 426 g/mol. The van der Waals surface area contributed by atoms with Crippen molar-refractivity contribution < 1.29 is 14.6 Å². The summed E-state index contributed by atoms with van der Waals surface area (Å²) in [5.74, 6) is 1.73. The summed E-state index contributed by atoms with van der Waals surface area (Å²) < 4.78 is 5.36. The van der Waals surface area contributed by atoms with Gasteiger partial charge in [0.25, 0.3) is 5.91 Å². The number of phenolic OH excluding ortho intramolecular Hbond substituents is 1. The number of carbonyl (C=O) groups is 1. The lowest BCUT2D eigenvalue weighted by atomic mass is 10.0. The van der Waals surface area contributed by atoms with Crippen LogP contribution in [-0.2, 0) is 0 Å². The van der Waals surface area contributed by atoms with Gasteiger partial charge in [0, 0.05) is 23.1 Å². The summed E-state index contributed by atoms with van der Waals surface area (Å²) in [5, 5.41) is 14.0. The molecule has 0 fully saturated rings. The van der Waals surface area contributed by atoms with Crippen molar-refractivity contribution in [3.63, 3.8) is 0 Å². The molecule has 3 N–H and O–H groups in total. The molecule has 32 heavy (non-hydrogen) atoms. The third kappa shape index (κ3) is 3.78. The number of rotatable bonds is 4. The molecule has 1 aliphatic heterocycles. The molecule has 0 saturated heterocycles. The normalized spacial score (nSPS) is 13.2. The Balaban J connectivity index is 1.50. The molecule has 160 valence electrons. The van der Waals surface area contributed by atoms with Gasteiger partial charge in [0.05, 0.1) is 30.3 Å². The molecule has 0 spiro atoms. The number of amides is 1. The maximum Gasteiger partial charge on any atom is 0.257 e. The number of hydrogen-bond donors (Lipinski definition) is 3. The number of nitrogens with zero attached hydrogens (tertiary/aromatic N) is 3. The lowest BCUT2D eigenvalue weighted by molar-refractivity contribution is 0.0978. The number of amidine groups is 1. The van der Waals surface area contributed by atoms with Gasteiger partial charge in [0.2, 0.25) is 5.88 Å². The van der Waals surface area contributed by atoms with Gasteiger partial charge in [-0.1, -0.05) is 17.8 Å². The van der Waals surface area contributed by atoms with Crippen molar-refractivity contribution in [1.82, 2.24) is 20.3 Å². The van der Waals surface area contributed by atoms with Gasteiger partial charge in [-0.3, -0.25) is 9.79 Å². The van der Waals surface area contributed by atoms with E-state index in [-0.39, 0.29) is 11.7 Å². The lowest BCUT2D eigenvalue weighted by Crippen LogP contribution is -2.27. The fourth-order valence-electron chi connectivity index (χ4n) is 3.52. The number of phenols is 1. The average molecular weight is 446 g/mol. The number of thioether (sulfide) groups is 1.